The van der Waals surface area contributed by atoms with Gasteiger partial charge in [-0.15, -0.1) is 21.5 Å². The Morgan fingerprint density at radius 2 is 2.03 bits per heavy atom. The van der Waals surface area contributed by atoms with Crippen molar-refractivity contribution in [2.24, 2.45) is 0 Å². The highest BCUT2D eigenvalue weighted by molar-refractivity contribution is 7.14. The number of aryl methyl sites for hydroxylation is 1. The fraction of sp³-hybridized carbons (Fsp3) is 0.208. The Morgan fingerprint density at radius 1 is 1.21 bits per heavy atom. The molecule has 0 unspecified atom stereocenters. The van der Waals surface area contributed by atoms with Gasteiger partial charge in [-0.3, -0.25) is 9.13 Å². The lowest BCUT2D eigenvalue weighted by atomic mass is 9.79. The molecule has 6 rings (SSSR count). The summed E-state index contributed by atoms with van der Waals surface area (Å²) < 4.78 is 3.78. The van der Waals surface area contributed by atoms with E-state index < -0.39 is 0 Å². The summed E-state index contributed by atoms with van der Waals surface area (Å²) in [7, 11) is 0. The summed E-state index contributed by atoms with van der Waals surface area (Å²) in [4.78, 5) is 21.2. The SMILES string of the molecule is Cc1cnc(-c2nnc(C3CC(n4c(=O)[nH]c5cc(C#N)ccc54)C3)n2-c2ccccc2Cl)s1. The second kappa shape index (κ2) is 7.94. The third-order valence-electron chi connectivity index (χ3n) is 6.28. The number of fused-ring (bicyclic) bond motifs is 1. The predicted molar refractivity (Wildman–Crippen MR) is 130 cm³/mol. The summed E-state index contributed by atoms with van der Waals surface area (Å²) in [6.07, 6.45) is 3.31. The molecule has 0 spiro atoms. The average molecular weight is 488 g/mol. The Hall–Kier alpha value is -3.74. The molecule has 0 radical (unpaired) electrons. The molecular weight excluding hydrogens is 470 g/mol. The minimum atomic E-state index is -0.167. The number of imidazole rings is 1. The molecule has 3 heterocycles. The van der Waals surface area contributed by atoms with E-state index in [0.29, 0.717) is 21.9 Å². The van der Waals surface area contributed by atoms with Crippen LogP contribution in [-0.2, 0) is 0 Å². The smallest absolute Gasteiger partial charge is 0.305 e. The first-order chi connectivity index (χ1) is 16.5. The molecule has 1 aliphatic carbocycles. The maximum Gasteiger partial charge on any atom is 0.326 e. The van der Waals surface area contributed by atoms with Gasteiger partial charge in [-0.1, -0.05) is 23.7 Å². The molecule has 1 aliphatic rings. The molecule has 1 saturated carbocycles. The summed E-state index contributed by atoms with van der Waals surface area (Å²) in [5.41, 5.74) is 2.64. The number of benzene rings is 2. The molecule has 10 heteroatoms. The van der Waals surface area contributed by atoms with E-state index in [1.54, 1.807) is 28.0 Å². The van der Waals surface area contributed by atoms with Gasteiger partial charge in [-0.05, 0) is 50.1 Å². The average Bonchev–Trinajstić information content (AvgIpc) is 3.50. The van der Waals surface area contributed by atoms with E-state index in [4.69, 9.17) is 16.9 Å². The van der Waals surface area contributed by atoms with Gasteiger partial charge in [-0.2, -0.15) is 5.26 Å². The number of aromatic nitrogens is 6. The molecule has 3 aromatic heterocycles. The molecule has 2 aromatic carbocycles. The Balaban J connectivity index is 1.38. The lowest BCUT2D eigenvalue weighted by Crippen LogP contribution is -2.32. The van der Waals surface area contributed by atoms with Crippen LogP contribution in [0.15, 0.2) is 53.5 Å². The number of halogens is 1. The van der Waals surface area contributed by atoms with Crippen LogP contribution in [0.4, 0.5) is 0 Å². The van der Waals surface area contributed by atoms with Gasteiger partial charge in [0.2, 0.25) is 0 Å². The van der Waals surface area contributed by atoms with Crippen LogP contribution in [0.3, 0.4) is 0 Å². The number of hydrogen-bond acceptors (Lipinski definition) is 6. The van der Waals surface area contributed by atoms with Gasteiger partial charge in [0.15, 0.2) is 10.8 Å². The Bertz CT molecular complexity index is 1650. The lowest BCUT2D eigenvalue weighted by molar-refractivity contribution is 0.254. The molecule has 8 nitrogen and oxygen atoms in total. The molecule has 0 aliphatic heterocycles. The van der Waals surface area contributed by atoms with Crippen LogP contribution in [0.2, 0.25) is 5.02 Å². The maximum atomic E-state index is 12.7. The largest absolute Gasteiger partial charge is 0.326 e. The van der Waals surface area contributed by atoms with E-state index in [2.05, 4.69) is 26.2 Å². The summed E-state index contributed by atoms with van der Waals surface area (Å²) in [5, 5.41) is 19.6. The van der Waals surface area contributed by atoms with Crippen LogP contribution < -0.4 is 5.69 Å². The number of nitrogens with one attached hydrogen (secondary N) is 1. The molecule has 34 heavy (non-hydrogen) atoms. The Morgan fingerprint density at radius 3 is 2.76 bits per heavy atom. The van der Waals surface area contributed by atoms with Gasteiger partial charge in [0, 0.05) is 23.0 Å². The van der Waals surface area contributed by atoms with Crippen molar-refractivity contribution in [1.82, 2.24) is 29.3 Å². The highest BCUT2D eigenvalue weighted by Gasteiger charge is 2.38. The molecule has 0 amide bonds. The molecule has 168 valence electrons. The van der Waals surface area contributed by atoms with Crippen molar-refractivity contribution in [2.75, 3.05) is 0 Å². The number of hydrogen-bond donors (Lipinski definition) is 1. The predicted octanol–water partition coefficient (Wildman–Crippen LogP) is 4.99. The monoisotopic (exact) mass is 487 g/mol. The lowest BCUT2D eigenvalue weighted by Gasteiger charge is -2.35. The van der Waals surface area contributed by atoms with Crippen molar-refractivity contribution < 1.29 is 0 Å². The quantitative estimate of drug-likeness (QED) is 0.384. The minimum absolute atomic E-state index is 0.0288. The zero-order chi connectivity index (χ0) is 23.4. The molecule has 5 aromatic rings. The molecule has 0 saturated heterocycles. The van der Waals surface area contributed by atoms with E-state index >= 15 is 0 Å². The number of aromatic amines is 1. The third-order valence-corrected chi connectivity index (χ3v) is 7.51. The minimum Gasteiger partial charge on any atom is -0.305 e. The van der Waals surface area contributed by atoms with Crippen LogP contribution >= 0.6 is 22.9 Å². The van der Waals surface area contributed by atoms with Gasteiger partial charge < -0.3 is 4.98 Å². The van der Waals surface area contributed by atoms with Crippen LogP contribution in [0.5, 0.6) is 0 Å². The molecular formula is C24H18ClN7OS. The van der Waals surface area contributed by atoms with E-state index in [-0.39, 0.29) is 17.6 Å². The van der Waals surface area contributed by atoms with Gasteiger partial charge in [0.1, 0.15) is 5.82 Å². The topological polar surface area (TPSA) is 105 Å². The van der Waals surface area contributed by atoms with E-state index in [1.165, 1.54) is 0 Å². The first kappa shape index (κ1) is 20.8. The van der Waals surface area contributed by atoms with Crippen LogP contribution in [0, 0.1) is 18.3 Å². The Kier molecular flexibility index (Phi) is 4.86. The molecule has 0 bridgehead atoms. The molecule has 0 atom stereocenters. The van der Waals surface area contributed by atoms with E-state index in [0.717, 1.165) is 39.8 Å². The van der Waals surface area contributed by atoms with Crippen molar-refractivity contribution in [3.05, 3.63) is 80.4 Å². The van der Waals surface area contributed by atoms with E-state index in [9.17, 15) is 4.79 Å². The zero-order valence-electron chi connectivity index (χ0n) is 18.1. The van der Waals surface area contributed by atoms with Gasteiger partial charge >= 0.3 is 5.69 Å². The summed E-state index contributed by atoms with van der Waals surface area (Å²) in [5.74, 6) is 1.59. The summed E-state index contributed by atoms with van der Waals surface area (Å²) in [6, 6.07) is 15.0. The molecule has 1 N–H and O–H groups in total. The van der Waals surface area contributed by atoms with Crippen LogP contribution in [0.1, 0.15) is 41.1 Å². The highest BCUT2D eigenvalue weighted by atomic mass is 35.5. The highest BCUT2D eigenvalue weighted by Crippen LogP contribution is 2.46. The standard InChI is InChI=1S/C24H18ClN7OS/c1-13-12-27-23(34-13)22-30-29-21(32(22)19-5-3-2-4-17(19)25)15-9-16(10-15)31-20-7-6-14(11-26)8-18(20)28-24(31)33/h2-8,12,15-16H,9-10H2,1H3,(H,28,33). The maximum absolute atomic E-state index is 12.7. The van der Waals surface area contributed by atoms with Crippen LogP contribution in [0.25, 0.3) is 27.6 Å². The Labute approximate surface area is 203 Å². The number of thiazole rings is 1. The fourth-order valence-corrected chi connectivity index (χ4v) is 5.56. The normalized spacial score (nSPS) is 17.6. The van der Waals surface area contributed by atoms with Crippen LogP contribution in [-0.4, -0.2) is 29.3 Å². The number of rotatable bonds is 4. The molecule has 1 fully saturated rings. The fourth-order valence-electron chi connectivity index (χ4n) is 4.60. The summed E-state index contributed by atoms with van der Waals surface area (Å²) >= 11 is 8.13. The van der Waals surface area contributed by atoms with Crippen molar-refractivity contribution >= 4 is 34.0 Å². The first-order valence-electron chi connectivity index (χ1n) is 10.8. The number of H-pyrrole nitrogens is 1. The third kappa shape index (κ3) is 3.26. The van der Waals surface area contributed by atoms with Crippen molar-refractivity contribution in [2.45, 2.75) is 31.7 Å². The number of nitrogens with zero attached hydrogens (tertiary/aromatic N) is 6. The van der Waals surface area contributed by atoms with Crippen molar-refractivity contribution in [1.29, 1.82) is 5.26 Å². The zero-order valence-corrected chi connectivity index (χ0v) is 19.6. The first-order valence-corrected chi connectivity index (χ1v) is 12.0. The summed E-state index contributed by atoms with van der Waals surface area (Å²) in [6.45, 7) is 2.01. The number of nitriles is 1. The van der Waals surface area contributed by atoms with Gasteiger partial charge in [-0.25, -0.2) is 9.78 Å². The van der Waals surface area contributed by atoms with Gasteiger partial charge in [0.25, 0.3) is 0 Å². The second-order valence-corrected chi connectivity index (χ2v) is 10.1. The van der Waals surface area contributed by atoms with Gasteiger partial charge in [0.05, 0.1) is 33.4 Å². The van der Waals surface area contributed by atoms with Crippen molar-refractivity contribution in [3.63, 3.8) is 0 Å². The second-order valence-electron chi connectivity index (χ2n) is 8.41. The van der Waals surface area contributed by atoms with E-state index in [1.807, 2.05) is 48.0 Å². The van der Waals surface area contributed by atoms with Crippen molar-refractivity contribution in [3.8, 4) is 22.6 Å². The number of para-hydroxylation sites is 1.